The number of hydrogen-bond acceptors (Lipinski definition) is 2. The van der Waals surface area contributed by atoms with Gasteiger partial charge in [0.1, 0.15) is 0 Å². The highest BCUT2D eigenvalue weighted by Gasteiger charge is 2.29. The summed E-state index contributed by atoms with van der Waals surface area (Å²) >= 11 is 3.22. The van der Waals surface area contributed by atoms with E-state index in [0.717, 1.165) is 16.6 Å². The molecule has 0 saturated carbocycles. The van der Waals surface area contributed by atoms with Crippen LogP contribution in [0.15, 0.2) is 41.0 Å². The Morgan fingerprint density at radius 2 is 1.71 bits per heavy atom. The summed E-state index contributed by atoms with van der Waals surface area (Å²) < 4.78 is 37.8. The van der Waals surface area contributed by atoms with Gasteiger partial charge in [0, 0.05) is 10.0 Å². The van der Waals surface area contributed by atoms with Crippen LogP contribution < -0.4 is 0 Å². The summed E-state index contributed by atoms with van der Waals surface area (Å²) in [4.78, 5) is 0. The molecule has 2 aromatic rings. The van der Waals surface area contributed by atoms with Gasteiger partial charge in [0.15, 0.2) is 0 Å². The maximum atomic E-state index is 12.4. The second-order valence-electron chi connectivity index (χ2n) is 3.33. The molecule has 0 N–H and O–H groups in total. The first-order valence-corrected chi connectivity index (χ1v) is 5.42. The van der Waals surface area contributed by atoms with E-state index in [9.17, 15) is 13.2 Å². The predicted molar refractivity (Wildman–Crippen MR) is 60.2 cm³/mol. The van der Waals surface area contributed by atoms with Crippen LogP contribution in [0.3, 0.4) is 0 Å². The minimum Gasteiger partial charge on any atom is -0.166 e. The smallest absolute Gasteiger partial charge is 0.166 e. The van der Waals surface area contributed by atoms with Crippen molar-refractivity contribution in [1.29, 1.82) is 0 Å². The van der Waals surface area contributed by atoms with Gasteiger partial charge in [-0.2, -0.15) is 23.4 Å². The Morgan fingerprint density at radius 3 is 2.24 bits per heavy atom. The molecule has 2 nitrogen and oxygen atoms in total. The minimum absolute atomic E-state index is 0.521. The molecular weight excluding hydrogens is 297 g/mol. The van der Waals surface area contributed by atoms with Crippen molar-refractivity contribution in [2.24, 2.45) is 0 Å². The van der Waals surface area contributed by atoms with Crippen LogP contribution in [0.25, 0.3) is 11.3 Å². The van der Waals surface area contributed by atoms with Gasteiger partial charge in [0.05, 0.1) is 17.5 Å². The number of nitrogens with zero attached hydrogens (tertiary/aromatic N) is 2. The first-order valence-electron chi connectivity index (χ1n) is 4.63. The largest absolute Gasteiger partial charge is 0.416 e. The van der Waals surface area contributed by atoms with Gasteiger partial charge in [-0.3, -0.25) is 0 Å². The standard InChI is InChI=1S/C11H6BrF3N2/c12-9-5-10(17-16-6-9)7-1-3-8(4-2-7)11(13,14)15/h1-6H. The van der Waals surface area contributed by atoms with E-state index in [1.54, 1.807) is 6.07 Å². The normalized spacial score (nSPS) is 11.5. The summed E-state index contributed by atoms with van der Waals surface area (Å²) in [5.41, 5.74) is 0.434. The van der Waals surface area contributed by atoms with Crippen LogP contribution in [0.5, 0.6) is 0 Å². The highest BCUT2D eigenvalue weighted by atomic mass is 79.9. The van der Waals surface area contributed by atoms with Crippen molar-refractivity contribution in [1.82, 2.24) is 10.2 Å². The minimum atomic E-state index is -4.32. The summed E-state index contributed by atoms with van der Waals surface area (Å²) in [6.07, 6.45) is -2.81. The fourth-order valence-electron chi connectivity index (χ4n) is 1.31. The number of aromatic nitrogens is 2. The van der Waals surface area contributed by atoms with Crippen LogP contribution in [0, 0.1) is 0 Å². The van der Waals surface area contributed by atoms with Gasteiger partial charge in [-0.05, 0) is 34.1 Å². The second-order valence-corrected chi connectivity index (χ2v) is 4.25. The predicted octanol–water partition coefficient (Wildman–Crippen LogP) is 3.92. The van der Waals surface area contributed by atoms with Gasteiger partial charge in [-0.15, -0.1) is 0 Å². The molecule has 1 aromatic heterocycles. The van der Waals surface area contributed by atoms with E-state index in [2.05, 4.69) is 26.1 Å². The van der Waals surface area contributed by atoms with Crippen molar-refractivity contribution in [2.75, 3.05) is 0 Å². The topological polar surface area (TPSA) is 25.8 Å². The van der Waals surface area contributed by atoms with Crippen molar-refractivity contribution < 1.29 is 13.2 Å². The molecule has 0 fully saturated rings. The molecular formula is C11H6BrF3N2. The summed E-state index contributed by atoms with van der Waals surface area (Å²) in [5.74, 6) is 0. The maximum Gasteiger partial charge on any atom is 0.416 e. The molecule has 1 heterocycles. The van der Waals surface area contributed by atoms with Gasteiger partial charge in [-0.25, -0.2) is 0 Å². The first kappa shape index (κ1) is 12.0. The van der Waals surface area contributed by atoms with E-state index >= 15 is 0 Å². The molecule has 2 rings (SSSR count). The quantitative estimate of drug-likeness (QED) is 0.798. The molecule has 0 saturated heterocycles. The molecule has 0 radical (unpaired) electrons. The highest BCUT2D eigenvalue weighted by Crippen LogP contribution is 2.30. The molecule has 88 valence electrons. The summed E-state index contributed by atoms with van der Waals surface area (Å²) in [6.45, 7) is 0. The van der Waals surface area contributed by atoms with Crippen LogP contribution in [0.1, 0.15) is 5.56 Å². The van der Waals surface area contributed by atoms with E-state index < -0.39 is 11.7 Å². The Labute approximate surface area is 104 Å². The average molecular weight is 303 g/mol. The van der Waals surface area contributed by atoms with Gasteiger partial charge < -0.3 is 0 Å². The molecule has 0 amide bonds. The monoisotopic (exact) mass is 302 g/mol. The Morgan fingerprint density at radius 1 is 1.06 bits per heavy atom. The lowest BCUT2D eigenvalue weighted by Crippen LogP contribution is -2.04. The van der Waals surface area contributed by atoms with Gasteiger partial charge in [-0.1, -0.05) is 12.1 Å². The van der Waals surface area contributed by atoms with Gasteiger partial charge in [0.2, 0.25) is 0 Å². The zero-order valence-corrected chi connectivity index (χ0v) is 9.96. The second kappa shape index (κ2) is 4.44. The van der Waals surface area contributed by atoms with E-state index in [1.807, 2.05) is 0 Å². The lowest BCUT2D eigenvalue weighted by molar-refractivity contribution is -0.137. The number of halogens is 4. The molecule has 0 bridgehead atoms. The van der Waals surface area contributed by atoms with Crippen LogP contribution >= 0.6 is 15.9 Å². The summed E-state index contributed by atoms with van der Waals surface area (Å²) in [6, 6.07) is 6.49. The van der Waals surface area contributed by atoms with E-state index in [-0.39, 0.29) is 0 Å². The highest BCUT2D eigenvalue weighted by molar-refractivity contribution is 9.10. The van der Waals surface area contributed by atoms with Gasteiger partial charge in [0.25, 0.3) is 0 Å². The lowest BCUT2D eigenvalue weighted by Gasteiger charge is -2.07. The number of hydrogen-bond donors (Lipinski definition) is 0. The van der Waals surface area contributed by atoms with E-state index in [0.29, 0.717) is 11.3 Å². The summed E-state index contributed by atoms with van der Waals surface area (Å²) in [7, 11) is 0. The molecule has 0 aliphatic heterocycles. The number of benzene rings is 1. The van der Waals surface area contributed by atoms with Crippen molar-refractivity contribution in [3.8, 4) is 11.3 Å². The lowest BCUT2D eigenvalue weighted by atomic mass is 10.1. The average Bonchev–Trinajstić information content (AvgIpc) is 2.28. The molecule has 0 atom stereocenters. The molecule has 6 heteroatoms. The molecule has 0 aliphatic rings. The molecule has 0 spiro atoms. The zero-order valence-electron chi connectivity index (χ0n) is 8.37. The van der Waals surface area contributed by atoms with Crippen molar-refractivity contribution in [2.45, 2.75) is 6.18 Å². The van der Waals surface area contributed by atoms with Crippen molar-refractivity contribution in [3.63, 3.8) is 0 Å². The van der Waals surface area contributed by atoms with Crippen LogP contribution in [-0.4, -0.2) is 10.2 Å². The van der Waals surface area contributed by atoms with Crippen LogP contribution in [0.4, 0.5) is 13.2 Å². The maximum absolute atomic E-state index is 12.4. The summed E-state index contributed by atoms with van der Waals surface area (Å²) in [5, 5.41) is 7.55. The molecule has 0 unspecified atom stereocenters. The van der Waals surface area contributed by atoms with Gasteiger partial charge >= 0.3 is 6.18 Å². The van der Waals surface area contributed by atoms with E-state index in [4.69, 9.17) is 0 Å². The third-order valence-electron chi connectivity index (χ3n) is 2.13. The third kappa shape index (κ3) is 2.82. The van der Waals surface area contributed by atoms with E-state index in [1.165, 1.54) is 18.3 Å². The Balaban J connectivity index is 2.36. The SMILES string of the molecule is FC(F)(F)c1ccc(-c2cc(Br)cnn2)cc1. The Bertz CT molecular complexity index is 523. The zero-order chi connectivity index (χ0) is 12.5. The first-order chi connectivity index (χ1) is 7.97. The van der Waals surface area contributed by atoms with Crippen LogP contribution in [-0.2, 0) is 6.18 Å². The van der Waals surface area contributed by atoms with Crippen LogP contribution in [0.2, 0.25) is 0 Å². The molecule has 1 aromatic carbocycles. The Hall–Kier alpha value is -1.43. The number of alkyl halides is 3. The molecule has 17 heavy (non-hydrogen) atoms. The van der Waals surface area contributed by atoms with Crippen molar-refractivity contribution >= 4 is 15.9 Å². The number of rotatable bonds is 1. The van der Waals surface area contributed by atoms with Crippen molar-refractivity contribution in [3.05, 3.63) is 46.6 Å². The Kier molecular flexibility index (Phi) is 3.15. The fourth-order valence-corrected chi connectivity index (χ4v) is 1.62. The third-order valence-corrected chi connectivity index (χ3v) is 2.56. The molecule has 0 aliphatic carbocycles. The fraction of sp³-hybridized carbons (Fsp3) is 0.0909.